The maximum Gasteiger partial charge on any atom is 0.119 e. The van der Waals surface area contributed by atoms with E-state index in [0.717, 1.165) is 18.9 Å². The van der Waals surface area contributed by atoms with Crippen LogP contribution in [0.2, 0.25) is 0 Å². The van der Waals surface area contributed by atoms with Crippen LogP contribution in [0.4, 0.5) is 0 Å². The Morgan fingerprint density at radius 2 is 1.79 bits per heavy atom. The quantitative estimate of drug-likeness (QED) is 0.597. The van der Waals surface area contributed by atoms with Crippen LogP contribution in [0.25, 0.3) is 0 Å². The molecule has 1 N–H and O–H groups in total. The molecule has 0 fully saturated rings. The summed E-state index contributed by atoms with van der Waals surface area (Å²) >= 11 is 0. The minimum absolute atomic E-state index is 0.598. The lowest BCUT2D eigenvalue weighted by Gasteiger charge is -2.14. The van der Waals surface area contributed by atoms with Crippen LogP contribution in [0.15, 0.2) is 30.3 Å². The lowest BCUT2D eigenvalue weighted by molar-refractivity contribution is 0.304. The highest BCUT2D eigenvalue weighted by Crippen LogP contribution is 2.08. The largest absolute Gasteiger partial charge is 0.492 e. The Kier molecular flexibility index (Phi) is 9.17. The van der Waals surface area contributed by atoms with Gasteiger partial charge in [0.1, 0.15) is 12.4 Å². The molecule has 1 atom stereocenters. The highest BCUT2D eigenvalue weighted by atomic mass is 16.5. The molecular weight excluding hydrogens is 234 g/mol. The van der Waals surface area contributed by atoms with E-state index < -0.39 is 0 Å². The van der Waals surface area contributed by atoms with Gasteiger partial charge in [0.05, 0.1) is 0 Å². The van der Waals surface area contributed by atoms with Gasteiger partial charge in [-0.25, -0.2) is 0 Å². The average Bonchev–Trinajstić information content (AvgIpc) is 2.44. The van der Waals surface area contributed by atoms with Gasteiger partial charge in [-0.2, -0.15) is 0 Å². The SMILES string of the molecule is CCCCCCCC(C)NCCOc1ccccc1. The Bertz CT molecular complexity index is 299. The Labute approximate surface area is 118 Å². The van der Waals surface area contributed by atoms with Crippen molar-refractivity contribution < 1.29 is 4.74 Å². The van der Waals surface area contributed by atoms with E-state index in [-0.39, 0.29) is 0 Å². The van der Waals surface area contributed by atoms with E-state index in [9.17, 15) is 0 Å². The molecule has 1 rings (SSSR count). The van der Waals surface area contributed by atoms with Crippen molar-refractivity contribution >= 4 is 0 Å². The maximum atomic E-state index is 5.65. The molecule has 108 valence electrons. The second-order valence-corrected chi connectivity index (χ2v) is 5.22. The molecule has 2 heteroatoms. The zero-order valence-electron chi connectivity index (χ0n) is 12.5. The van der Waals surface area contributed by atoms with Crippen LogP contribution in [0.3, 0.4) is 0 Å². The second-order valence-electron chi connectivity index (χ2n) is 5.22. The van der Waals surface area contributed by atoms with Crippen molar-refractivity contribution in [3.8, 4) is 5.75 Å². The topological polar surface area (TPSA) is 21.3 Å². The maximum absolute atomic E-state index is 5.65. The fourth-order valence-corrected chi connectivity index (χ4v) is 2.15. The van der Waals surface area contributed by atoms with Crippen LogP contribution in [0.5, 0.6) is 5.75 Å². The molecule has 1 unspecified atom stereocenters. The Balaban J connectivity index is 1.94. The summed E-state index contributed by atoms with van der Waals surface area (Å²) in [5, 5.41) is 3.52. The third-order valence-corrected chi connectivity index (χ3v) is 3.35. The predicted molar refractivity (Wildman–Crippen MR) is 82.8 cm³/mol. The van der Waals surface area contributed by atoms with Gasteiger partial charge in [-0.3, -0.25) is 0 Å². The number of ether oxygens (including phenoxy) is 1. The highest BCUT2D eigenvalue weighted by molar-refractivity contribution is 5.20. The van der Waals surface area contributed by atoms with Gasteiger partial charge in [-0.15, -0.1) is 0 Å². The normalized spacial score (nSPS) is 12.3. The lowest BCUT2D eigenvalue weighted by Crippen LogP contribution is -2.30. The third-order valence-electron chi connectivity index (χ3n) is 3.35. The summed E-state index contributed by atoms with van der Waals surface area (Å²) in [7, 11) is 0. The molecule has 2 nitrogen and oxygen atoms in total. The minimum atomic E-state index is 0.598. The Hall–Kier alpha value is -1.02. The van der Waals surface area contributed by atoms with Crippen LogP contribution in [-0.4, -0.2) is 19.2 Å². The number of unbranched alkanes of at least 4 members (excludes halogenated alkanes) is 4. The molecule has 0 amide bonds. The fraction of sp³-hybridized carbons (Fsp3) is 0.647. The summed E-state index contributed by atoms with van der Waals surface area (Å²) in [4.78, 5) is 0. The second kappa shape index (κ2) is 10.9. The monoisotopic (exact) mass is 263 g/mol. The lowest BCUT2D eigenvalue weighted by atomic mass is 10.1. The van der Waals surface area contributed by atoms with Gasteiger partial charge in [-0.1, -0.05) is 57.2 Å². The Morgan fingerprint density at radius 3 is 2.53 bits per heavy atom. The van der Waals surface area contributed by atoms with E-state index in [2.05, 4.69) is 19.2 Å². The van der Waals surface area contributed by atoms with Crippen molar-refractivity contribution in [1.29, 1.82) is 0 Å². The van der Waals surface area contributed by atoms with Crippen molar-refractivity contribution in [3.63, 3.8) is 0 Å². The zero-order chi connectivity index (χ0) is 13.8. The summed E-state index contributed by atoms with van der Waals surface area (Å²) in [6.45, 7) is 6.19. The number of rotatable bonds is 11. The molecule has 0 aliphatic carbocycles. The van der Waals surface area contributed by atoms with Gasteiger partial charge >= 0.3 is 0 Å². The molecule has 0 saturated carbocycles. The zero-order valence-corrected chi connectivity index (χ0v) is 12.5. The number of hydrogen-bond donors (Lipinski definition) is 1. The van der Waals surface area contributed by atoms with E-state index in [0.29, 0.717) is 6.04 Å². The summed E-state index contributed by atoms with van der Waals surface area (Å²) < 4.78 is 5.65. The summed E-state index contributed by atoms with van der Waals surface area (Å²) in [6, 6.07) is 10.6. The van der Waals surface area contributed by atoms with Crippen molar-refractivity contribution in [1.82, 2.24) is 5.32 Å². The van der Waals surface area contributed by atoms with E-state index in [1.807, 2.05) is 30.3 Å². The van der Waals surface area contributed by atoms with Crippen LogP contribution in [-0.2, 0) is 0 Å². The van der Waals surface area contributed by atoms with Gasteiger partial charge < -0.3 is 10.1 Å². The summed E-state index contributed by atoms with van der Waals surface area (Å²) in [5.74, 6) is 0.955. The first-order chi connectivity index (χ1) is 9.33. The van der Waals surface area contributed by atoms with Gasteiger partial charge in [0.2, 0.25) is 0 Å². The van der Waals surface area contributed by atoms with E-state index >= 15 is 0 Å². The minimum Gasteiger partial charge on any atom is -0.492 e. The Morgan fingerprint density at radius 1 is 1.05 bits per heavy atom. The first-order valence-electron chi connectivity index (χ1n) is 7.74. The first-order valence-corrected chi connectivity index (χ1v) is 7.74. The number of hydrogen-bond acceptors (Lipinski definition) is 2. The summed E-state index contributed by atoms with van der Waals surface area (Å²) in [5.41, 5.74) is 0. The van der Waals surface area contributed by atoms with Gasteiger partial charge in [0.15, 0.2) is 0 Å². The third kappa shape index (κ3) is 8.66. The first kappa shape index (κ1) is 16.0. The van der Waals surface area contributed by atoms with Crippen LogP contribution in [0, 0.1) is 0 Å². The van der Waals surface area contributed by atoms with Crippen LogP contribution >= 0.6 is 0 Å². The number of nitrogens with one attached hydrogen (secondary N) is 1. The molecular formula is C17H29NO. The van der Waals surface area contributed by atoms with Crippen LogP contribution < -0.4 is 10.1 Å². The molecule has 0 saturated heterocycles. The van der Waals surface area contributed by atoms with E-state index in [1.165, 1.54) is 38.5 Å². The van der Waals surface area contributed by atoms with Gasteiger partial charge in [0, 0.05) is 12.6 Å². The molecule has 0 spiro atoms. The van der Waals surface area contributed by atoms with Gasteiger partial charge in [0.25, 0.3) is 0 Å². The van der Waals surface area contributed by atoms with E-state index in [1.54, 1.807) is 0 Å². The molecule has 0 heterocycles. The molecule has 1 aromatic rings. The molecule has 0 bridgehead atoms. The van der Waals surface area contributed by atoms with Crippen molar-refractivity contribution in [2.24, 2.45) is 0 Å². The fourth-order valence-electron chi connectivity index (χ4n) is 2.15. The number of benzene rings is 1. The van der Waals surface area contributed by atoms with E-state index in [4.69, 9.17) is 4.74 Å². The van der Waals surface area contributed by atoms with Crippen LogP contribution in [0.1, 0.15) is 52.4 Å². The molecule has 1 aromatic carbocycles. The van der Waals surface area contributed by atoms with Crippen molar-refractivity contribution in [2.45, 2.75) is 58.4 Å². The molecule has 19 heavy (non-hydrogen) atoms. The van der Waals surface area contributed by atoms with Crippen molar-refractivity contribution in [2.75, 3.05) is 13.2 Å². The van der Waals surface area contributed by atoms with Crippen molar-refractivity contribution in [3.05, 3.63) is 30.3 Å². The predicted octanol–water partition coefficient (Wildman–Crippen LogP) is 4.40. The molecule has 0 aromatic heterocycles. The molecule has 0 aliphatic rings. The molecule has 0 aliphatic heterocycles. The smallest absolute Gasteiger partial charge is 0.119 e. The van der Waals surface area contributed by atoms with Gasteiger partial charge in [-0.05, 0) is 25.5 Å². The highest BCUT2D eigenvalue weighted by Gasteiger charge is 2.00. The standard InChI is InChI=1S/C17H29NO/c1-3-4-5-6-8-11-16(2)18-14-15-19-17-12-9-7-10-13-17/h7,9-10,12-13,16,18H,3-6,8,11,14-15H2,1-2H3. The summed E-state index contributed by atoms with van der Waals surface area (Å²) in [6.07, 6.45) is 8.08. The number of para-hydroxylation sites is 1. The molecule has 0 radical (unpaired) electrons. The average molecular weight is 263 g/mol.